The second-order valence-electron chi connectivity index (χ2n) is 5.45. The molecule has 25 heavy (non-hydrogen) atoms. The SMILES string of the molecule is CS(=O)(=O)c1ccc(NC(=O)c2cc(Cl)c3c(c2)OCCCO3)cn1. The summed E-state index contributed by atoms with van der Waals surface area (Å²) in [5.74, 6) is 0.419. The van der Waals surface area contributed by atoms with E-state index in [0.29, 0.717) is 36.0 Å². The van der Waals surface area contributed by atoms with Crippen LogP contribution in [0.2, 0.25) is 5.02 Å². The number of benzene rings is 1. The van der Waals surface area contributed by atoms with Crippen LogP contribution < -0.4 is 14.8 Å². The van der Waals surface area contributed by atoms with Crippen LogP contribution in [-0.4, -0.2) is 38.8 Å². The summed E-state index contributed by atoms with van der Waals surface area (Å²) >= 11 is 6.17. The lowest BCUT2D eigenvalue weighted by Gasteiger charge is -2.12. The summed E-state index contributed by atoms with van der Waals surface area (Å²) in [6.45, 7) is 0.974. The summed E-state index contributed by atoms with van der Waals surface area (Å²) in [5, 5.41) is 2.86. The summed E-state index contributed by atoms with van der Waals surface area (Å²) in [4.78, 5) is 16.2. The van der Waals surface area contributed by atoms with Gasteiger partial charge in [-0.3, -0.25) is 4.79 Å². The van der Waals surface area contributed by atoms with Crippen LogP contribution in [0.25, 0.3) is 0 Å². The highest BCUT2D eigenvalue weighted by molar-refractivity contribution is 7.90. The van der Waals surface area contributed by atoms with E-state index in [0.717, 1.165) is 12.7 Å². The number of aromatic nitrogens is 1. The number of sulfone groups is 1. The minimum atomic E-state index is -3.39. The summed E-state index contributed by atoms with van der Waals surface area (Å²) in [6, 6.07) is 5.83. The Kier molecular flexibility index (Phi) is 4.82. The summed E-state index contributed by atoms with van der Waals surface area (Å²) < 4.78 is 33.9. The zero-order chi connectivity index (χ0) is 18.0. The second-order valence-corrected chi connectivity index (χ2v) is 7.82. The highest BCUT2D eigenvalue weighted by Gasteiger charge is 2.19. The van der Waals surface area contributed by atoms with E-state index in [1.165, 1.54) is 24.4 Å². The molecule has 3 rings (SSSR count). The Hall–Kier alpha value is -2.32. The van der Waals surface area contributed by atoms with Gasteiger partial charge in [0.05, 0.1) is 30.1 Å². The third kappa shape index (κ3) is 4.02. The molecule has 7 nitrogen and oxygen atoms in total. The molecule has 1 N–H and O–H groups in total. The van der Waals surface area contributed by atoms with Crippen LogP contribution in [0.15, 0.2) is 35.5 Å². The first-order valence-electron chi connectivity index (χ1n) is 7.41. The highest BCUT2D eigenvalue weighted by Crippen LogP contribution is 2.38. The Morgan fingerprint density at radius 1 is 1.24 bits per heavy atom. The number of rotatable bonds is 3. The zero-order valence-corrected chi connectivity index (χ0v) is 14.9. The van der Waals surface area contributed by atoms with E-state index >= 15 is 0 Å². The van der Waals surface area contributed by atoms with E-state index in [9.17, 15) is 13.2 Å². The number of hydrogen-bond acceptors (Lipinski definition) is 6. The fraction of sp³-hybridized carbons (Fsp3) is 0.250. The predicted molar refractivity (Wildman–Crippen MR) is 92.4 cm³/mol. The molecule has 0 saturated carbocycles. The number of anilines is 1. The lowest BCUT2D eigenvalue weighted by Crippen LogP contribution is -2.13. The van der Waals surface area contributed by atoms with Crippen molar-refractivity contribution in [2.24, 2.45) is 0 Å². The fourth-order valence-electron chi connectivity index (χ4n) is 2.24. The molecule has 2 aromatic rings. The Morgan fingerprint density at radius 3 is 2.68 bits per heavy atom. The van der Waals surface area contributed by atoms with Gasteiger partial charge in [-0.05, 0) is 24.3 Å². The van der Waals surface area contributed by atoms with Crippen molar-refractivity contribution in [3.05, 3.63) is 41.0 Å². The summed E-state index contributed by atoms with van der Waals surface area (Å²) in [5.41, 5.74) is 0.655. The number of nitrogens with zero attached hydrogens (tertiary/aromatic N) is 1. The minimum absolute atomic E-state index is 0.0656. The first-order valence-corrected chi connectivity index (χ1v) is 9.68. The lowest BCUT2D eigenvalue weighted by atomic mass is 10.2. The minimum Gasteiger partial charge on any atom is -0.489 e. The molecule has 0 unspecified atom stereocenters. The van der Waals surface area contributed by atoms with Gasteiger partial charge in [0.25, 0.3) is 5.91 Å². The standard InChI is InChI=1S/C16H15ClN2O5S/c1-25(21,22)14-4-3-11(9-18-14)19-16(20)10-7-12(17)15-13(8-10)23-5-2-6-24-15/h3-4,7-9H,2,5-6H2,1H3,(H,19,20). The van der Waals surface area contributed by atoms with Crippen LogP contribution >= 0.6 is 11.6 Å². The number of carbonyl (C=O) groups excluding carboxylic acids is 1. The molecule has 132 valence electrons. The number of carbonyl (C=O) groups is 1. The van der Waals surface area contributed by atoms with Crippen LogP contribution in [0.1, 0.15) is 16.8 Å². The first-order chi connectivity index (χ1) is 11.8. The van der Waals surface area contributed by atoms with Crippen LogP contribution in [0.4, 0.5) is 5.69 Å². The predicted octanol–water partition coefficient (Wildman–Crippen LogP) is 2.55. The maximum atomic E-state index is 12.4. The number of nitrogens with one attached hydrogen (secondary N) is 1. The normalized spacial score (nSPS) is 13.8. The van der Waals surface area contributed by atoms with Gasteiger partial charge in [0.15, 0.2) is 26.4 Å². The zero-order valence-electron chi connectivity index (χ0n) is 13.3. The molecule has 1 aromatic carbocycles. The number of halogens is 1. The number of pyridine rings is 1. The molecule has 0 atom stereocenters. The molecule has 0 radical (unpaired) electrons. The molecule has 1 amide bonds. The smallest absolute Gasteiger partial charge is 0.255 e. The van der Waals surface area contributed by atoms with Gasteiger partial charge in [0, 0.05) is 18.2 Å². The lowest BCUT2D eigenvalue weighted by molar-refractivity contribution is 0.102. The van der Waals surface area contributed by atoms with Gasteiger partial charge >= 0.3 is 0 Å². The highest BCUT2D eigenvalue weighted by atomic mass is 35.5. The van der Waals surface area contributed by atoms with Gasteiger partial charge in [-0.15, -0.1) is 0 Å². The van der Waals surface area contributed by atoms with Crippen LogP contribution in [0.3, 0.4) is 0 Å². The van der Waals surface area contributed by atoms with Crippen molar-refractivity contribution in [1.82, 2.24) is 4.98 Å². The van der Waals surface area contributed by atoms with Gasteiger partial charge in [0.1, 0.15) is 0 Å². The van der Waals surface area contributed by atoms with Gasteiger partial charge in [-0.2, -0.15) is 0 Å². The summed E-state index contributed by atoms with van der Waals surface area (Å²) in [7, 11) is -3.39. The van der Waals surface area contributed by atoms with E-state index in [4.69, 9.17) is 21.1 Å². The van der Waals surface area contributed by atoms with E-state index in [1.807, 2.05) is 0 Å². The van der Waals surface area contributed by atoms with Gasteiger partial charge in [-0.1, -0.05) is 11.6 Å². The second kappa shape index (κ2) is 6.89. The molecule has 0 bridgehead atoms. The molecular weight excluding hydrogens is 368 g/mol. The van der Waals surface area contributed by atoms with E-state index in [2.05, 4.69) is 10.3 Å². The number of fused-ring (bicyclic) bond motifs is 1. The van der Waals surface area contributed by atoms with Crippen molar-refractivity contribution in [2.45, 2.75) is 11.4 Å². The maximum absolute atomic E-state index is 12.4. The van der Waals surface area contributed by atoms with Gasteiger partial charge in [0.2, 0.25) is 0 Å². The average Bonchev–Trinajstić information content (AvgIpc) is 2.80. The molecular formula is C16H15ClN2O5S. The molecule has 9 heteroatoms. The van der Waals surface area contributed by atoms with E-state index < -0.39 is 15.7 Å². The fourth-order valence-corrected chi connectivity index (χ4v) is 3.06. The third-order valence-electron chi connectivity index (χ3n) is 3.44. The Balaban J connectivity index is 1.82. The van der Waals surface area contributed by atoms with Crippen molar-refractivity contribution in [3.63, 3.8) is 0 Å². The largest absolute Gasteiger partial charge is 0.489 e. The van der Waals surface area contributed by atoms with Crippen LogP contribution in [0.5, 0.6) is 11.5 Å². The van der Waals surface area contributed by atoms with Crippen molar-refractivity contribution in [3.8, 4) is 11.5 Å². The Bertz CT molecular complexity index is 913. The van der Waals surface area contributed by atoms with Crippen molar-refractivity contribution >= 4 is 33.0 Å². The van der Waals surface area contributed by atoms with E-state index in [1.54, 1.807) is 6.07 Å². The first kappa shape index (κ1) is 17.5. The molecule has 1 aromatic heterocycles. The molecule has 0 fully saturated rings. The Morgan fingerprint density at radius 2 is 2.00 bits per heavy atom. The topological polar surface area (TPSA) is 94.6 Å². The molecule has 0 saturated heterocycles. The molecule has 2 heterocycles. The monoisotopic (exact) mass is 382 g/mol. The quantitative estimate of drug-likeness (QED) is 0.876. The van der Waals surface area contributed by atoms with Crippen molar-refractivity contribution in [2.75, 3.05) is 24.8 Å². The number of amides is 1. The Labute approximate surface area is 149 Å². The van der Waals surface area contributed by atoms with Crippen LogP contribution in [-0.2, 0) is 9.84 Å². The molecule has 0 aliphatic carbocycles. The van der Waals surface area contributed by atoms with E-state index in [-0.39, 0.29) is 10.0 Å². The maximum Gasteiger partial charge on any atom is 0.255 e. The number of ether oxygens (including phenoxy) is 2. The average molecular weight is 383 g/mol. The number of hydrogen-bond donors (Lipinski definition) is 1. The molecule has 1 aliphatic heterocycles. The summed E-state index contributed by atoms with van der Waals surface area (Å²) in [6.07, 6.45) is 3.07. The molecule has 1 aliphatic rings. The van der Waals surface area contributed by atoms with Gasteiger partial charge < -0.3 is 14.8 Å². The van der Waals surface area contributed by atoms with Crippen molar-refractivity contribution < 1.29 is 22.7 Å². The molecule has 0 spiro atoms. The third-order valence-corrected chi connectivity index (χ3v) is 4.72. The van der Waals surface area contributed by atoms with Crippen molar-refractivity contribution in [1.29, 1.82) is 0 Å². The van der Waals surface area contributed by atoms with Gasteiger partial charge in [-0.25, -0.2) is 13.4 Å². The van der Waals surface area contributed by atoms with Crippen LogP contribution in [0, 0.1) is 0 Å².